The van der Waals surface area contributed by atoms with Crippen LogP contribution in [-0.4, -0.2) is 21.2 Å². The van der Waals surface area contributed by atoms with Gasteiger partial charge in [-0.05, 0) is 54.6 Å². The van der Waals surface area contributed by atoms with Gasteiger partial charge in [-0.15, -0.1) is 0 Å². The minimum absolute atomic E-state index is 0.297. The van der Waals surface area contributed by atoms with E-state index in [1.54, 1.807) is 18.0 Å². The smallest absolute Gasteiger partial charge is 0.250 e. The zero-order valence-electron chi connectivity index (χ0n) is 19.5. The van der Waals surface area contributed by atoms with Gasteiger partial charge in [0.25, 0.3) is 0 Å². The van der Waals surface area contributed by atoms with E-state index in [2.05, 4.69) is 36.1 Å². The van der Waals surface area contributed by atoms with E-state index in [9.17, 15) is 0 Å². The van der Waals surface area contributed by atoms with Crippen molar-refractivity contribution in [3.63, 3.8) is 0 Å². The number of nitrogens with one attached hydrogen (secondary N) is 3. The van der Waals surface area contributed by atoms with Crippen molar-refractivity contribution in [3.05, 3.63) is 120 Å². The summed E-state index contributed by atoms with van der Waals surface area (Å²) in [6, 6.07) is 35.2. The number of hydrogen-bond donors (Lipinski definition) is 3. The molecule has 1 heterocycles. The number of anilines is 5. The van der Waals surface area contributed by atoms with E-state index in [1.807, 2.05) is 109 Å². The summed E-state index contributed by atoms with van der Waals surface area (Å²) < 4.78 is 0. The van der Waals surface area contributed by atoms with Crippen LogP contribution < -0.4 is 16.1 Å². The predicted molar refractivity (Wildman–Crippen MR) is 153 cm³/mol. The maximum atomic E-state index is 6.02. The zero-order valence-corrected chi connectivity index (χ0v) is 21.1. The fraction of sp³-hybridized carbons (Fsp3) is 0. The van der Waals surface area contributed by atoms with E-state index in [4.69, 9.17) is 11.6 Å². The lowest BCUT2D eigenvalue weighted by Crippen LogP contribution is -2.07. The molecular weight excluding hydrogens is 502 g/mol. The topological polar surface area (TPSA) is 87.1 Å². The van der Waals surface area contributed by atoms with Gasteiger partial charge in [0.2, 0.25) is 17.8 Å². The quantitative estimate of drug-likeness (QED) is 0.135. The van der Waals surface area contributed by atoms with Gasteiger partial charge in [-0.1, -0.05) is 78.0 Å². The van der Waals surface area contributed by atoms with Crippen LogP contribution in [0.25, 0.3) is 0 Å². The number of para-hydroxylation sites is 2. The molecule has 1 aromatic heterocycles. The summed E-state index contributed by atoms with van der Waals surface area (Å²) in [7, 11) is 0. The number of aromatic nitrogens is 3. The molecule has 7 nitrogen and oxygen atoms in total. The highest BCUT2D eigenvalue weighted by molar-refractivity contribution is 7.99. The van der Waals surface area contributed by atoms with Crippen molar-refractivity contribution in [2.24, 2.45) is 5.10 Å². The number of nitrogens with zero attached hydrogens (tertiary/aromatic N) is 4. The van der Waals surface area contributed by atoms with Gasteiger partial charge >= 0.3 is 0 Å². The van der Waals surface area contributed by atoms with E-state index in [1.165, 1.54) is 0 Å². The Morgan fingerprint density at radius 1 is 0.622 bits per heavy atom. The average molecular weight is 524 g/mol. The van der Waals surface area contributed by atoms with Crippen molar-refractivity contribution in [3.8, 4) is 0 Å². The highest BCUT2D eigenvalue weighted by Gasteiger charge is 2.08. The third-order valence-corrected chi connectivity index (χ3v) is 6.38. The lowest BCUT2D eigenvalue weighted by Gasteiger charge is -2.10. The van der Waals surface area contributed by atoms with E-state index in [0.29, 0.717) is 22.9 Å². The molecule has 0 radical (unpaired) electrons. The molecule has 0 saturated carbocycles. The predicted octanol–water partition coefficient (Wildman–Crippen LogP) is 7.61. The minimum Gasteiger partial charge on any atom is -0.324 e. The molecule has 5 aromatic rings. The molecule has 0 saturated heterocycles. The molecule has 182 valence electrons. The Labute approximate surface area is 224 Å². The van der Waals surface area contributed by atoms with Crippen LogP contribution in [0, 0.1) is 0 Å². The van der Waals surface area contributed by atoms with Gasteiger partial charge in [-0.25, -0.2) is 5.43 Å². The highest BCUT2D eigenvalue weighted by Crippen LogP contribution is 2.30. The van der Waals surface area contributed by atoms with Gasteiger partial charge in [0.05, 0.1) is 6.21 Å². The maximum Gasteiger partial charge on any atom is 0.250 e. The van der Waals surface area contributed by atoms with Crippen LogP contribution in [-0.2, 0) is 0 Å². The molecule has 0 aliphatic carbocycles. The van der Waals surface area contributed by atoms with Crippen LogP contribution in [0.1, 0.15) is 5.56 Å². The highest BCUT2D eigenvalue weighted by atomic mass is 35.5. The summed E-state index contributed by atoms with van der Waals surface area (Å²) in [6.07, 6.45) is 1.75. The van der Waals surface area contributed by atoms with E-state index >= 15 is 0 Å². The molecule has 0 unspecified atom stereocenters. The van der Waals surface area contributed by atoms with Crippen LogP contribution in [0.4, 0.5) is 29.2 Å². The lowest BCUT2D eigenvalue weighted by atomic mass is 10.2. The summed E-state index contributed by atoms with van der Waals surface area (Å²) in [5.74, 6) is 1.07. The first kappa shape index (κ1) is 24.3. The van der Waals surface area contributed by atoms with Crippen molar-refractivity contribution in [1.82, 2.24) is 15.0 Å². The largest absolute Gasteiger partial charge is 0.324 e. The van der Waals surface area contributed by atoms with Gasteiger partial charge < -0.3 is 10.6 Å². The Morgan fingerprint density at radius 3 is 1.78 bits per heavy atom. The third-order valence-electron chi connectivity index (χ3n) is 5.02. The molecule has 37 heavy (non-hydrogen) atoms. The molecule has 0 bridgehead atoms. The Balaban J connectivity index is 1.36. The molecule has 0 fully saturated rings. The van der Waals surface area contributed by atoms with Gasteiger partial charge in [-0.3, -0.25) is 0 Å². The van der Waals surface area contributed by atoms with Crippen molar-refractivity contribution >= 4 is 58.8 Å². The van der Waals surface area contributed by atoms with Crippen LogP contribution >= 0.6 is 23.4 Å². The second-order valence-electron chi connectivity index (χ2n) is 7.75. The first-order valence-corrected chi connectivity index (χ1v) is 12.6. The summed E-state index contributed by atoms with van der Waals surface area (Å²) in [4.78, 5) is 15.6. The fourth-order valence-corrected chi connectivity index (χ4v) is 4.35. The standard InChI is InChI=1S/C28H22ClN7S/c29-21-15-17-24(18-16-21)37-25-14-8-7-9-20(25)19-30-36-28-34-26(31-22-10-3-1-4-11-22)33-27(35-28)32-23-12-5-2-6-13-23/h1-19H,(H3,31,32,33,34,35,36). The molecule has 0 spiro atoms. The lowest BCUT2D eigenvalue weighted by molar-refractivity contribution is 1.04. The maximum absolute atomic E-state index is 6.02. The molecule has 0 aliphatic heterocycles. The van der Waals surface area contributed by atoms with E-state index in [-0.39, 0.29) is 0 Å². The van der Waals surface area contributed by atoms with E-state index in [0.717, 1.165) is 26.7 Å². The van der Waals surface area contributed by atoms with Crippen molar-refractivity contribution < 1.29 is 0 Å². The number of hydrogen-bond acceptors (Lipinski definition) is 8. The summed E-state index contributed by atoms with van der Waals surface area (Å²) in [5, 5.41) is 11.5. The molecule has 4 aromatic carbocycles. The Hall–Kier alpha value is -4.40. The average Bonchev–Trinajstić information content (AvgIpc) is 2.92. The summed E-state index contributed by atoms with van der Waals surface area (Å²) >= 11 is 7.66. The van der Waals surface area contributed by atoms with Crippen molar-refractivity contribution in [2.45, 2.75) is 9.79 Å². The van der Waals surface area contributed by atoms with Crippen LogP contribution in [0.5, 0.6) is 0 Å². The molecule has 0 amide bonds. The van der Waals surface area contributed by atoms with Gasteiger partial charge in [-0.2, -0.15) is 20.1 Å². The normalized spacial score (nSPS) is 10.8. The van der Waals surface area contributed by atoms with Crippen LogP contribution in [0.2, 0.25) is 5.02 Å². The third kappa shape index (κ3) is 7.07. The zero-order chi connectivity index (χ0) is 25.3. The molecular formula is C28H22ClN7S. The second-order valence-corrected chi connectivity index (χ2v) is 9.30. The van der Waals surface area contributed by atoms with Crippen LogP contribution in [0.15, 0.2) is 124 Å². The molecule has 9 heteroatoms. The number of rotatable bonds is 9. The number of halogens is 1. The monoisotopic (exact) mass is 523 g/mol. The Kier molecular flexibility index (Phi) is 7.90. The minimum atomic E-state index is 0.297. The van der Waals surface area contributed by atoms with Gasteiger partial charge in [0.15, 0.2) is 0 Å². The fourth-order valence-electron chi connectivity index (χ4n) is 3.31. The summed E-state index contributed by atoms with van der Waals surface area (Å²) in [6.45, 7) is 0. The number of hydrazone groups is 1. The molecule has 0 atom stereocenters. The SMILES string of the molecule is Clc1ccc(Sc2ccccc2C=NNc2nc(Nc3ccccc3)nc(Nc3ccccc3)n2)cc1. The second kappa shape index (κ2) is 12.0. The Morgan fingerprint density at radius 2 is 1.16 bits per heavy atom. The van der Waals surface area contributed by atoms with E-state index < -0.39 is 0 Å². The van der Waals surface area contributed by atoms with Gasteiger partial charge in [0, 0.05) is 31.8 Å². The Bertz CT molecular complexity index is 1420. The molecule has 0 aliphatic rings. The number of benzene rings is 4. The van der Waals surface area contributed by atoms with Crippen molar-refractivity contribution in [2.75, 3.05) is 16.1 Å². The van der Waals surface area contributed by atoms with Crippen LogP contribution in [0.3, 0.4) is 0 Å². The van der Waals surface area contributed by atoms with Gasteiger partial charge in [0.1, 0.15) is 0 Å². The first-order valence-electron chi connectivity index (χ1n) is 11.4. The first-order chi connectivity index (χ1) is 18.2. The molecule has 5 rings (SSSR count). The van der Waals surface area contributed by atoms with Crippen molar-refractivity contribution in [1.29, 1.82) is 0 Å². The molecule has 3 N–H and O–H groups in total. The summed E-state index contributed by atoms with van der Waals surface area (Å²) in [5.41, 5.74) is 5.62.